The summed E-state index contributed by atoms with van der Waals surface area (Å²) < 4.78 is 0. The maximum Gasteiger partial charge on any atom is 0.127 e. The molecule has 0 saturated heterocycles. The van der Waals surface area contributed by atoms with E-state index in [1.807, 2.05) is 5.06 Å². The van der Waals surface area contributed by atoms with E-state index in [9.17, 15) is 0 Å². The minimum atomic E-state index is 0.172. The average molecular weight is 210 g/mol. The van der Waals surface area contributed by atoms with Crippen LogP contribution in [-0.4, -0.2) is 23.5 Å². The van der Waals surface area contributed by atoms with Gasteiger partial charge < -0.3 is 4.84 Å². The minimum absolute atomic E-state index is 0.172. The number of hydrogen-bond acceptors (Lipinski definition) is 2. The lowest BCUT2D eigenvalue weighted by atomic mass is 10.0. The van der Waals surface area contributed by atoms with E-state index in [0.29, 0.717) is 18.3 Å². The predicted octanol–water partition coefficient (Wildman–Crippen LogP) is 2.58. The van der Waals surface area contributed by atoms with Gasteiger partial charge in [0.1, 0.15) is 6.26 Å². The van der Waals surface area contributed by atoms with E-state index < -0.39 is 0 Å². The molecule has 1 rings (SSSR count). The van der Waals surface area contributed by atoms with Crippen LogP contribution in [0.4, 0.5) is 0 Å². The zero-order chi connectivity index (χ0) is 9.14. The highest BCUT2D eigenvalue weighted by molar-refractivity contribution is 6.30. The average Bonchev–Trinajstić information content (AvgIpc) is 2.32. The lowest BCUT2D eigenvalue weighted by Gasteiger charge is -2.24. The summed E-state index contributed by atoms with van der Waals surface area (Å²) >= 11 is 11.6. The van der Waals surface area contributed by atoms with Gasteiger partial charge in [-0.05, 0) is 5.92 Å². The number of alkyl halides is 1. The maximum atomic E-state index is 5.96. The molecule has 1 unspecified atom stereocenters. The molecule has 0 aromatic rings. The quantitative estimate of drug-likeness (QED) is 0.664. The summed E-state index contributed by atoms with van der Waals surface area (Å²) in [5.74, 6) is 1.00. The molecule has 1 atom stereocenters. The molecule has 0 aliphatic carbocycles. The van der Waals surface area contributed by atoms with Crippen molar-refractivity contribution in [2.45, 2.75) is 19.9 Å². The van der Waals surface area contributed by atoms with Crippen molar-refractivity contribution in [1.82, 2.24) is 5.06 Å². The van der Waals surface area contributed by atoms with Gasteiger partial charge in [0, 0.05) is 12.4 Å². The lowest BCUT2D eigenvalue weighted by Crippen LogP contribution is -2.35. The smallest absolute Gasteiger partial charge is 0.127 e. The fourth-order valence-electron chi connectivity index (χ4n) is 1.32. The summed E-state index contributed by atoms with van der Waals surface area (Å²) in [7, 11) is 0. The molecular formula is C8H13Cl2NO. The second kappa shape index (κ2) is 4.35. The molecule has 2 nitrogen and oxygen atoms in total. The van der Waals surface area contributed by atoms with Crippen LogP contribution in [0.2, 0.25) is 0 Å². The molecular weight excluding hydrogens is 197 g/mol. The molecule has 0 saturated carbocycles. The Morgan fingerprint density at radius 3 is 2.83 bits per heavy atom. The number of hydroxylamine groups is 2. The van der Waals surface area contributed by atoms with Crippen LogP contribution in [0.1, 0.15) is 13.8 Å². The van der Waals surface area contributed by atoms with E-state index in [0.717, 1.165) is 5.03 Å². The fraction of sp³-hybridized carbons (Fsp3) is 0.750. The van der Waals surface area contributed by atoms with Gasteiger partial charge in [0.2, 0.25) is 0 Å². The van der Waals surface area contributed by atoms with E-state index in [1.54, 1.807) is 6.26 Å². The largest absolute Gasteiger partial charge is 0.412 e. The van der Waals surface area contributed by atoms with Gasteiger partial charge in [0.15, 0.2) is 0 Å². The van der Waals surface area contributed by atoms with Crippen molar-refractivity contribution >= 4 is 23.2 Å². The maximum absolute atomic E-state index is 5.96. The van der Waals surface area contributed by atoms with Gasteiger partial charge in [-0.2, -0.15) is 0 Å². The minimum Gasteiger partial charge on any atom is -0.412 e. The monoisotopic (exact) mass is 209 g/mol. The number of nitrogens with zero attached hydrogens (tertiary/aromatic N) is 1. The van der Waals surface area contributed by atoms with Gasteiger partial charge in [-0.25, -0.2) is 0 Å². The predicted molar refractivity (Wildman–Crippen MR) is 51.1 cm³/mol. The van der Waals surface area contributed by atoms with Crippen molar-refractivity contribution in [2.24, 2.45) is 5.92 Å². The highest BCUT2D eigenvalue weighted by Crippen LogP contribution is 2.28. The number of halogens is 2. The summed E-state index contributed by atoms with van der Waals surface area (Å²) in [6, 6.07) is 0.172. The first kappa shape index (κ1) is 10.2. The Morgan fingerprint density at radius 1 is 1.67 bits per heavy atom. The third kappa shape index (κ3) is 2.06. The zero-order valence-corrected chi connectivity index (χ0v) is 8.77. The molecule has 0 bridgehead atoms. The van der Waals surface area contributed by atoms with Gasteiger partial charge in [-0.1, -0.05) is 25.4 Å². The second-order valence-electron chi connectivity index (χ2n) is 3.13. The molecule has 0 aromatic heterocycles. The van der Waals surface area contributed by atoms with Crippen LogP contribution >= 0.6 is 23.2 Å². The molecule has 0 spiro atoms. The van der Waals surface area contributed by atoms with E-state index in [2.05, 4.69) is 13.8 Å². The third-order valence-corrected chi connectivity index (χ3v) is 2.31. The molecule has 1 aliphatic rings. The number of rotatable bonds is 3. The molecule has 4 heteroatoms. The molecule has 0 fully saturated rings. The van der Waals surface area contributed by atoms with Crippen molar-refractivity contribution in [1.29, 1.82) is 0 Å². The SMILES string of the molecule is CC(C)C1C(Cl)=CON1CCCl. The Balaban J connectivity index is 2.57. The second-order valence-corrected chi connectivity index (χ2v) is 3.94. The third-order valence-electron chi connectivity index (χ3n) is 1.83. The van der Waals surface area contributed by atoms with Crippen LogP contribution in [-0.2, 0) is 4.84 Å². The molecule has 0 aromatic carbocycles. The van der Waals surface area contributed by atoms with E-state index >= 15 is 0 Å². The molecule has 0 radical (unpaired) electrons. The first-order valence-corrected chi connectivity index (χ1v) is 4.93. The Labute approximate surface area is 83.0 Å². The van der Waals surface area contributed by atoms with Crippen molar-refractivity contribution in [3.8, 4) is 0 Å². The molecule has 70 valence electrons. The topological polar surface area (TPSA) is 12.5 Å². The van der Waals surface area contributed by atoms with Gasteiger partial charge in [0.05, 0.1) is 11.1 Å². The van der Waals surface area contributed by atoms with Gasteiger partial charge >= 0.3 is 0 Å². The normalized spacial score (nSPS) is 24.4. The fourth-order valence-corrected chi connectivity index (χ4v) is 1.88. The summed E-state index contributed by atoms with van der Waals surface area (Å²) in [4.78, 5) is 5.23. The lowest BCUT2D eigenvalue weighted by molar-refractivity contribution is -0.108. The summed E-state index contributed by atoms with van der Waals surface area (Å²) in [6.07, 6.45) is 1.58. The Hall–Kier alpha value is 0.0800. The van der Waals surface area contributed by atoms with Crippen LogP contribution in [0.5, 0.6) is 0 Å². The van der Waals surface area contributed by atoms with Crippen molar-refractivity contribution in [3.05, 3.63) is 11.3 Å². The molecule has 0 N–H and O–H groups in total. The standard InChI is InChI=1S/C8H13Cl2NO/c1-6(2)8-7(10)5-12-11(8)4-3-9/h5-6,8H,3-4H2,1-2H3. The van der Waals surface area contributed by atoms with Gasteiger partial charge in [0.25, 0.3) is 0 Å². The Morgan fingerprint density at radius 2 is 2.33 bits per heavy atom. The Kier molecular flexibility index (Phi) is 3.69. The summed E-state index contributed by atoms with van der Waals surface area (Å²) in [6.45, 7) is 4.92. The van der Waals surface area contributed by atoms with Crippen molar-refractivity contribution in [3.63, 3.8) is 0 Å². The van der Waals surface area contributed by atoms with E-state index in [-0.39, 0.29) is 6.04 Å². The van der Waals surface area contributed by atoms with Gasteiger partial charge in [-0.15, -0.1) is 16.7 Å². The Bertz CT molecular complexity index is 182. The highest BCUT2D eigenvalue weighted by Gasteiger charge is 2.30. The van der Waals surface area contributed by atoms with E-state index in [4.69, 9.17) is 28.0 Å². The molecule has 12 heavy (non-hydrogen) atoms. The first-order chi connectivity index (χ1) is 5.66. The van der Waals surface area contributed by atoms with Crippen LogP contribution in [0.3, 0.4) is 0 Å². The van der Waals surface area contributed by atoms with Crippen LogP contribution < -0.4 is 0 Å². The van der Waals surface area contributed by atoms with Crippen LogP contribution in [0.25, 0.3) is 0 Å². The van der Waals surface area contributed by atoms with Crippen LogP contribution in [0.15, 0.2) is 11.3 Å². The molecule has 0 amide bonds. The van der Waals surface area contributed by atoms with Crippen molar-refractivity contribution in [2.75, 3.05) is 12.4 Å². The van der Waals surface area contributed by atoms with Crippen molar-refractivity contribution < 1.29 is 4.84 Å². The summed E-state index contributed by atoms with van der Waals surface area (Å²) in [5.41, 5.74) is 0. The number of hydrogen-bond donors (Lipinski definition) is 0. The zero-order valence-electron chi connectivity index (χ0n) is 7.26. The first-order valence-electron chi connectivity index (χ1n) is 4.01. The highest BCUT2D eigenvalue weighted by atomic mass is 35.5. The van der Waals surface area contributed by atoms with Crippen LogP contribution in [0, 0.1) is 5.92 Å². The molecule has 1 heterocycles. The molecule has 1 aliphatic heterocycles. The van der Waals surface area contributed by atoms with E-state index in [1.165, 1.54) is 0 Å². The summed E-state index contributed by atoms with van der Waals surface area (Å²) in [5, 5.41) is 2.58. The van der Waals surface area contributed by atoms with Gasteiger partial charge in [-0.3, -0.25) is 0 Å².